The van der Waals surface area contributed by atoms with Crippen molar-refractivity contribution in [3.8, 4) is 0 Å². The fraction of sp³-hybridized carbons (Fsp3) is 0.250. The molecule has 19 heavy (non-hydrogen) atoms. The number of benzene rings is 1. The van der Waals surface area contributed by atoms with Gasteiger partial charge in [-0.2, -0.15) is 0 Å². The summed E-state index contributed by atoms with van der Waals surface area (Å²) in [6.45, 7) is 1.07. The molecule has 0 spiro atoms. The number of nitrogens with one attached hydrogen (secondary N) is 2. The van der Waals surface area contributed by atoms with Crippen molar-refractivity contribution in [3.63, 3.8) is 0 Å². The summed E-state index contributed by atoms with van der Waals surface area (Å²) in [7, 11) is 0. The molecule has 6 nitrogen and oxygen atoms in total. The maximum atomic E-state index is 11.7. The van der Waals surface area contributed by atoms with E-state index in [0.29, 0.717) is 5.56 Å². The standard InChI is InChI=1S/C12H13BrN2O4/c1-7(12(18)19)15-10(16)6-14-11(17)8-3-2-4-9(13)5-8/h2-5,7H,6H2,1H3,(H,14,17)(H,15,16)(H,18,19)/t7-/m1/s1. The molecule has 0 fully saturated rings. The first-order valence-corrected chi connectivity index (χ1v) is 6.25. The van der Waals surface area contributed by atoms with Gasteiger partial charge in [0.25, 0.3) is 5.91 Å². The van der Waals surface area contributed by atoms with Crippen LogP contribution in [0.4, 0.5) is 0 Å². The maximum absolute atomic E-state index is 11.7. The smallest absolute Gasteiger partial charge is 0.325 e. The number of aliphatic carboxylic acids is 1. The molecule has 0 saturated heterocycles. The molecule has 0 bridgehead atoms. The molecule has 0 aliphatic carbocycles. The second-order valence-corrected chi connectivity index (χ2v) is 4.74. The minimum atomic E-state index is -1.13. The van der Waals surface area contributed by atoms with Crippen molar-refractivity contribution in [3.05, 3.63) is 34.3 Å². The summed E-state index contributed by atoms with van der Waals surface area (Å²) in [5.74, 6) is -2.09. The molecular weight excluding hydrogens is 316 g/mol. The van der Waals surface area contributed by atoms with Crippen LogP contribution >= 0.6 is 15.9 Å². The normalized spacial score (nSPS) is 11.5. The maximum Gasteiger partial charge on any atom is 0.325 e. The number of carbonyl (C=O) groups is 3. The summed E-state index contributed by atoms with van der Waals surface area (Å²) in [6, 6.07) is 5.71. The molecule has 0 saturated carbocycles. The van der Waals surface area contributed by atoms with Gasteiger partial charge in [0.1, 0.15) is 6.04 Å². The van der Waals surface area contributed by atoms with Crippen molar-refractivity contribution in [2.75, 3.05) is 6.54 Å². The number of rotatable bonds is 5. The Morgan fingerprint density at radius 3 is 2.63 bits per heavy atom. The first-order chi connectivity index (χ1) is 8.90. The Hall–Kier alpha value is -1.89. The van der Waals surface area contributed by atoms with E-state index in [2.05, 4.69) is 26.6 Å². The largest absolute Gasteiger partial charge is 0.480 e. The zero-order valence-corrected chi connectivity index (χ0v) is 11.7. The van der Waals surface area contributed by atoms with Gasteiger partial charge in [-0.3, -0.25) is 14.4 Å². The highest BCUT2D eigenvalue weighted by atomic mass is 79.9. The van der Waals surface area contributed by atoms with E-state index in [9.17, 15) is 14.4 Å². The summed E-state index contributed by atoms with van der Waals surface area (Å²) in [5.41, 5.74) is 0.411. The van der Waals surface area contributed by atoms with Crippen molar-refractivity contribution in [2.24, 2.45) is 0 Å². The lowest BCUT2D eigenvalue weighted by Gasteiger charge is -2.10. The quantitative estimate of drug-likeness (QED) is 0.743. The summed E-state index contributed by atoms with van der Waals surface area (Å²) in [5, 5.41) is 13.3. The van der Waals surface area contributed by atoms with Crippen LogP contribution < -0.4 is 10.6 Å². The number of hydrogen-bond acceptors (Lipinski definition) is 3. The van der Waals surface area contributed by atoms with Crippen LogP contribution in [0.2, 0.25) is 0 Å². The molecule has 7 heteroatoms. The summed E-state index contributed by atoms with van der Waals surface area (Å²) >= 11 is 3.23. The third-order valence-corrected chi connectivity index (χ3v) is 2.74. The Bertz CT molecular complexity index is 504. The van der Waals surface area contributed by atoms with Gasteiger partial charge in [0.15, 0.2) is 0 Å². The van der Waals surface area contributed by atoms with Crippen LogP contribution in [0.3, 0.4) is 0 Å². The predicted octanol–water partition coefficient (Wildman–Crippen LogP) is 0.768. The van der Waals surface area contributed by atoms with Crippen LogP contribution in [-0.4, -0.2) is 35.5 Å². The third-order valence-electron chi connectivity index (χ3n) is 2.24. The number of carboxylic acid groups (broad SMARTS) is 1. The molecule has 3 N–H and O–H groups in total. The van der Waals surface area contributed by atoms with E-state index in [0.717, 1.165) is 4.47 Å². The average Bonchev–Trinajstić information content (AvgIpc) is 2.35. The highest BCUT2D eigenvalue weighted by Crippen LogP contribution is 2.11. The monoisotopic (exact) mass is 328 g/mol. The molecular formula is C12H13BrN2O4. The van der Waals surface area contributed by atoms with Crippen LogP contribution in [0.5, 0.6) is 0 Å². The summed E-state index contributed by atoms with van der Waals surface area (Å²) < 4.78 is 0.754. The number of halogens is 1. The Labute approximate surface area is 118 Å². The molecule has 2 amide bonds. The zero-order chi connectivity index (χ0) is 14.4. The topological polar surface area (TPSA) is 95.5 Å². The summed E-state index contributed by atoms with van der Waals surface area (Å²) in [6.07, 6.45) is 0. The van der Waals surface area contributed by atoms with Crippen molar-refractivity contribution in [1.82, 2.24) is 10.6 Å². The Morgan fingerprint density at radius 1 is 1.37 bits per heavy atom. The van der Waals surface area contributed by atoms with E-state index in [-0.39, 0.29) is 6.54 Å². The van der Waals surface area contributed by atoms with Gasteiger partial charge in [0.05, 0.1) is 6.54 Å². The molecule has 0 heterocycles. The van der Waals surface area contributed by atoms with Gasteiger partial charge in [-0.15, -0.1) is 0 Å². The van der Waals surface area contributed by atoms with Crippen molar-refractivity contribution in [1.29, 1.82) is 0 Å². The second kappa shape index (κ2) is 6.89. The van der Waals surface area contributed by atoms with E-state index in [1.807, 2.05) is 0 Å². The predicted molar refractivity (Wildman–Crippen MR) is 71.7 cm³/mol. The number of carboxylic acids is 1. The Kier molecular flexibility index (Phi) is 5.50. The molecule has 0 unspecified atom stereocenters. The van der Waals surface area contributed by atoms with E-state index in [1.165, 1.54) is 6.92 Å². The van der Waals surface area contributed by atoms with Crippen LogP contribution in [0, 0.1) is 0 Å². The van der Waals surface area contributed by atoms with Crippen LogP contribution in [0.25, 0.3) is 0 Å². The summed E-state index contributed by atoms with van der Waals surface area (Å²) in [4.78, 5) is 33.6. The van der Waals surface area contributed by atoms with Gasteiger partial charge in [-0.25, -0.2) is 0 Å². The third kappa shape index (κ3) is 5.09. The lowest BCUT2D eigenvalue weighted by atomic mass is 10.2. The lowest BCUT2D eigenvalue weighted by molar-refractivity contribution is -0.141. The minimum Gasteiger partial charge on any atom is -0.480 e. The van der Waals surface area contributed by atoms with E-state index in [1.54, 1.807) is 24.3 Å². The number of amides is 2. The Balaban J connectivity index is 2.46. The van der Waals surface area contributed by atoms with Crippen LogP contribution in [0.15, 0.2) is 28.7 Å². The fourth-order valence-corrected chi connectivity index (χ4v) is 1.65. The van der Waals surface area contributed by atoms with E-state index < -0.39 is 23.8 Å². The minimum absolute atomic E-state index is 0.275. The van der Waals surface area contributed by atoms with E-state index >= 15 is 0 Å². The zero-order valence-electron chi connectivity index (χ0n) is 10.1. The van der Waals surface area contributed by atoms with Crippen molar-refractivity contribution < 1.29 is 19.5 Å². The van der Waals surface area contributed by atoms with Gasteiger partial charge >= 0.3 is 5.97 Å². The van der Waals surface area contributed by atoms with Crippen LogP contribution in [-0.2, 0) is 9.59 Å². The van der Waals surface area contributed by atoms with Gasteiger partial charge in [0, 0.05) is 10.0 Å². The van der Waals surface area contributed by atoms with Crippen molar-refractivity contribution >= 4 is 33.7 Å². The highest BCUT2D eigenvalue weighted by Gasteiger charge is 2.14. The molecule has 1 aromatic carbocycles. The van der Waals surface area contributed by atoms with E-state index in [4.69, 9.17) is 5.11 Å². The molecule has 1 atom stereocenters. The van der Waals surface area contributed by atoms with Gasteiger partial charge < -0.3 is 15.7 Å². The molecule has 1 aromatic rings. The molecule has 0 aliphatic heterocycles. The Morgan fingerprint density at radius 2 is 2.05 bits per heavy atom. The average molecular weight is 329 g/mol. The second-order valence-electron chi connectivity index (χ2n) is 3.82. The van der Waals surface area contributed by atoms with Gasteiger partial charge in [-0.05, 0) is 25.1 Å². The highest BCUT2D eigenvalue weighted by molar-refractivity contribution is 9.10. The molecule has 102 valence electrons. The van der Waals surface area contributed by atoms with Gasteiger partial charge in [0.2, 0.25) is 5.91 Å². The lowest BCUT2D eigenvalue weighted by Crippen LogP contribution is -2.44. The molecule has 1 rings (SSSR count). The van der Waals surface area contributed by atoms with Gasteiger partial charge in [-0.1, -0.05) is 22.0 Å². The van der Waals surface area contributed by atoms with Crippen LogP contribution in [0.1, 0.15) is 17.3 Å². The molecule has 0 radical (unpaired) electrons. The number of carbonyl (C=O) groups excluding carboxylic acids is 2. The first kappa shape index (κ1) is 15.2. The fourth-order valence-electron chi connectivity index (χ4n) is 1.25. The molecule has 0 aliphatic rings. The first-order valence-electron chi connectivity index (χ1n) is 5.46. The molecule has 0 aromatic heterocycles. The SMILES string of the molecule is C[C@@H](NC(=O)CNC(=O)c1cccc(Br)c1)C(=O)O. The number of hydrogen-bond donors (Lipinski definition) is 3. The van der Waals surface area contributed by atoms with Crippen molar-refractivity contribution in [2.45, 2.75) is 13.0 Å².